The maximum absolute atomic E-state index is 12.4. The van der Waals surface area contributed by atoms with E-state index >= 15 is 0 Å². The van der Waals surface area contributed by atoms with Crippen molar-refractivity contribution in [3.05, 3.63) is 65.6 Å². The Morgan fingerprint density at radius 2 is 1.87 bits per heavy atom. The molecule has 0 spiro atoms. The van der Waals surface area contributed by atoms with Crippen LogP contribution in [0, 0.1) is 0 Å². The number of carboxylic acid groups (broad SMARTS) is 1. The van der Waals surface area contributed by atoms with Crippen molar-refractivity contribution in [2.75, 3.05) is 12.3 Å². The summed E-state index contributed by atoms with van der Waals surface area (Å²) in [6, 6.07) is 13.8. The maximum Gasteiger partial charge on any atom is 0.490 e. The van der Waals surface area contributed by atoms with Crippen LogP contribution in [-0.2, 0) is 11.2 Å². The van der Waals surface area contributed by atoms with Gasteiger partial charge in [0.25, 0.3) is 5.91 Å². The molecule has 1 unspecified atom stereocenters. The van der Waals surface area contributed by atoms with Gasteiger partial charge < -0.3 is 25.9 Å². The molecule has 5 N–H and O–H groups in total. The van der Waals surface area contributed by atoms with Crippen LogP contribution in [0.15, 0.2) is 48.7 Å². The predicted molar refractivity (Wildman–Crippen MR) is 134 cm³/mol. The number of hydrogen-bond acceptors (Lipinski definition) is 7. The zero-order chi connectivity index (χ0) is 27.7. The van der Waals surface area contributed by atoms with E-state index in [0.717, 1.165) is 58.7 Å². The first kappa shape index (κ1) is 25.9. The average molecular weight is 541 g/mol. The van der Waals surface area contributed by atoms with Crippen molar-refractivity contribution < 1.29 is 32.6 Å². The predicted octanol–water partition coefficient (Wildman–Crippen LogP) is 3.85. The largest absolute Gasteiger partial charge is 0.493 e. The molecule has 0 saturated heterocycles. The third-order valence-corrected chi connectivity index (χ3v) is 6.24. The first-order valence-corrected chi connectivity index (χ1v) is 12.0. The van der Waals surface area contributed by atoms with Gasteiger partial charge in [0.15, 0.2) is 0 Å². The van der Waals surface area contributed by atoms with Crippen LogP contribution in [0.25, 0.3) is 22.3 Å². The van der Waals surface area contributed by atoms with Crippen LogP contribution < -0.4 is 15.8 Å². The monoisotopic (exact) mass is 540 g/mol. The molecular weight excluding hydrogens is 517 g/mol. The Bertz CT molecular complexity index is 1550. The molecule has 1 aliphatic carbocycles. The second-order valence-electron chi connectivity index (χ2n) is 9.24. The number of hydrogen-bond donors (Lipinski definition) is 4. The molecule has 1 saturated carbocycles. The van der Waals surface area contributed by atoms with Crippen LogP contribution in [0.3, 0.4) is 0 Å². The van der Waals surface area contributed by atoms with E-state index in [9.17, 15) is 18.0 Å². The molecule has 1 fully saturated rings. The number of imidazole rings is 1. The highest BCUT2D eigenvalue weighted by Crippen LogP contribution is 2.33. The van der Waals surface area contributed by atoms with Gasteiger partial charge in [-0.15, -0.1) is 0 Å². The van der Waals surface area contributed by atoms with Gasteiger partial charge in [0.1, 0.15) is 11.6 Å². The van der Waals surface area contributed by atoms with E-state index in [1.165, 1.54) is 0 Å². The Labute approximate surface area is 219 Å². The Morgan fingerprint density at radius 1 is 1.10 bits per heavy atom. The summed E-state index contributed by atoms with van der Waals surface area (Å²) in [5.74, 6) is -0.737. The number of alkyl halides is 3. The summed E-state index contributed by atoms with van der Waals surface area (Å²) in [5.41, 5.74) is 11.0. The minimum absolute atomic E-state index is 0.0148. The van der Waals surface area contributed by atoms with E-state index in [-0.39, 0.29) is 17.8 Å². The standard InChI is InChI=1S/C24H22N6O2.C2HF3O2/c25-24-26-8-7-18(30-24)13-1-5-19-20(11-13)29-22(28-19)16-10-15-9-14(2-6-21(15)32-12-16)23(31)27-17-3-4-17;3-2(4,5)1(6)7/h1-2,5-9,11,16-17H,3-4,10,12H2,(H,27,31)(H,28,29)(H2,25,26,30);(H,6,7). The molecule has 6 rings (SSSR count). The lowest BCUT2D eigenvalue weighted by Crippen LogP contribution is -2.26. The van der Waals surface area contributed by atoms with Crippen molar-refractivity contribution in [2.45, 2.75) is 37.4 Å². The van der Waals surface area contributed by atoms with Crippen LogP contribution in [0.1, 0.15) is 40.5 Å². The molecule has 2 aliphatic rings. The Kier molecular flexibility index (Phi) is 6.81. The van der Waals surface area contributed by atoms with Crippen LogP contribution in [-0.4, -0.2) is 55.7 Å². The lowest BCUT2D eigenvalue weighted by molar-refractivity contribution is -0.192. The van der Waals surface area contributed by atoms with Gasteiger partial charge >= 0.3 is 12.1 Å². The molecule has 2 aromatic carbocycles. The Hall–Kier alpha value is -4.68. The second kappa shape index (κ2) is 10.2. The number of fused-ring (bicyclic) bond motifs is 2. The minimum atomic E-state index is -5.08. The first-order valence-electron chi connectivity index (χ1n) is 12.0. The van der Waals surface area contributed by atoms with Gasteiger partial charge in [0.2, 0.25) is 5.95 Å². The van der Waals surface area contributed by atoms with Gasteiger partial charge in [0.05, 0.1) is 29.3 Å². The fourth-order valence-corrected chi connectivity index (χ4v) is 4.12. The van der Waals surface area contributed by atoms with Crippen molar-refractivity contribution in [1.29, 1.82) is 0 Å². The van der Waals surface area contributed by atoms with Crippen molar-refractivity contribution in [3.8, 4) is 17.0 Å². The van der Waals surface area contributed by atoms with Gasteiger partial charge in [-0.05, 0) is 61.2 Å². The summed E-state index contributed by atoms with van der Waals surface area (Å²) in [7, 11) is 0. The summed E-state index contributed by atoms with van der Waals surface area (Å²) in [5, 5.41) is 10.2. The number of H-pyrrole nitrogens is 1. The number of carboxylic acids is 1. The fourth-order valence-electron chi connectivity index (χ4n) is 4.12. The van der Waals surface area contributed by atoms with E-state index in [0.29, 0.717) is 18.2 Å². The number of nitrogens with zero attached hydrogens (tertiary/aromatic N) is 3. The third-order valence-electron chi connectivity index (χ3n) is 6.24. The molecule has 202 valence electrons. The maximum atomic E-state index is 12.4. The number of rotatable bonds is 4. The molecule has 10 nitrogen and oxygen atoms in total. The van der Waals surface area contributed by atoms with Gasteiger partial charge in [-0.1, -0.05) is 6.07 Å². The Balaban J connectivity index is 0.000000392. The fraction of sp³-hybridized carbons (Fsp3) is 0.269. The molecule has 13 heteroatoms. The average Bonchev–Trinajstić information content (AvgIpc) is 3.61. The molecule has 1 aliphatic heterocycles. The summed E-state index contributed by atoms with van der Waals surface area (Å²) in [6.45, 7) is 0.537. The first-order chi connectivity index (χ1) is 18.6. The van der Waals surface area contributed by atoms with Crippen molar-refractivity contribution in [1.82, 2.24) is 25.3 Å². The normalized spacial score (nSPS) is 16.4. The van der Waals surface area contributed by atoms with Crippen molar-refractivity contribution in [2.24, 2.45) is 0 Å². The lowest BCUT2D eigenvalue weighted by Gasteiger charge is -2.24. The number of aromatic amines is 1. The van der Waals surface area contributed by atoms with Crippen LogP contribution in [0.5, 0.6) is 5.75 Å². The number of anilines is 1. The lowest BCUT2D eigenvalue weighted by atomic mass is 9.94. The number of nitrogens with one attached hydrogen (secondary N) is 2. The van der Waals surface area contributed by atoms with Crippen molar-refractivity contribution >= 4 is 28.9 Å². The molecule has 2 aromatic heterocycles. The molecule has 1 atom stereocenters. The van der Waals surface area contributed by atoms with Crippen LogP contribution in [0.4, 0.5) is 19.1 Å². The van der Waals surface area contributed by atoms with Crippen LogP contribution in [0.2, 0.25) is 0 Å². The summed E-state index contributed by atoms with van der Waals surface area (Å²) >= 11 is 0. The number of aromatic nitrogens is 4. The number of ether oxygens (including phenoxy) is 1. The highest BCUT2D eigenvalue weighted by Gasteiger charge is 2.38. The molecule has 4 aromatic rings. The van der Waals surface area contributed by atoms with Gasteiger partial charge in [-0.3, -0.25) is 4.79 Å². The number of carbonyl (C=O) groups is 2. The zero-order valence-corrected chi connectivity index (χ0v) is 20.3. The number of benzene rings is 2. The summed E-state index contributed by atoms with van der Waals surface area (Å²) in [6.07, 6.45) is -0.536. The van der Waals surface area contributed by atoms with E-state index in [1.807, 2.05) is 42.5 Å². The molecule has 1 amide bonds. The van der Waals surface area contributed by atoms with Gasteiger partial charge in [-0.25, -0.2) is 19.7 Å². The third kappa shape index (κ3) is 6.08. The summed E-state index contributed by atoms with van der Waals surface area (Å²) in [4.78, 5) is 37.8. The number of amides is 1. The quantitative estimate of drug-likeness (QED) is 0.304. The number of aliphatic carboxylic acids is 1. The Morgan fingerprint density at radius 3 is 2.56 bits per heavy atom. The minimum Gasteiger partial charge on any atom is -0.493 e. The molecule has 0 bridgehead atoms. The number of carbonyl (C=O) groups excluding carboxylic acids is 1. The SMILES string of the molecule is Nc1nccc(-c2ccc3nc(C4COc5ccc(C(=O)NC6CC6)cc5C4)[nH]c3c2)n1.O=C(O)C(F)(F)F. The highest BCUT2D eigenvalue weighted by atomic mass is 19.4. The highest BCUT2D eigenvalue weighted by molar-refractivity contribution is 5.95. The van der Waals surface area contributed by atoms with E-state index < -0.39 is 12.1 Å². The second-order valence-corrected chi connectivity index (χ2v) is 9.24. The smallest absolute Gasteiger partial charge is 0.490 e. The van der Waals surface area contributed by atoms with E-state index in [4.69, 9.17) is 25.4 Å². The van der Waals surface area contributed by atoms with Crippen molar-refractivity contribution in [3.63, 3.8) is 0 Å². The van der Waals surface area contributed by atoms with Gasteiger partial charge in [-0.2, -0.15) is 13.2 Å². The van der Waals surface area contributed by atoms with Crippen LogP contribution >= 0.6 is 0 Å². The molecular formula is C26H23F3N6O4. The molecule has 39 heavy (non-hydrogen) atoms. The number of nitrogens with two attached hydrogens (primary N) is 1. The number of halogens is 3. The summed E-state index contributed by atoms with van der Waals surface area (Å²) < 4.78 is 37.7. The van der Waals surface area contributed by atoms with E-state index in [2.05, 4.69) is 20.3 Å². The van der Waals surface area contributed by atoms with E-state index in [1.54, 1.807) is 6.20 Å². The number of nitrogen functional groups attached to an aromatic ring is 1. The topological polar surface area (TPSA) is 156 Å². The van der Waals surface area contributed by atoms with Gasteiger partial charge in [0, 0.05) is 23.4 Å². The molecule has 3 heterocycles. The molecule has 0 radical (unpaired) electrons. The zero-order valence-electron chi connectivity index (χ0n) is 20.3.